The van der Waals surface area contributed by atoms with Crippen molar-refractivity contribution < 1.29 is 13.5 Å². The van der Waals surface area contributed by atoms with E-state index in [0.717, 1.165) is 0 Å². The Hall–Kier alpha value is -1.70. The van der Waals surface area contributed by atoms with Crippen LogP contribution in [0.15, 0.2) is 11.1 Å². The number of aromatic amines is 1. The Morgan fingerprint density at radius 3 is 3.06 bits per heavy atom. The van der Waals surface area contributed by atoms with E-state index in [9.17, 15) is 13.6 Å². The molecule has 1 heterocycles. The van der Waals surface area contributed by atoms with Crippen molar-refractivity contribution in [2.45, 2.75) is 6.43 Å². The number of halogens is 2. The fraction of sp³-hybridized carbons (Fsp3) is 0.500. The molecule has 4 N–H and O–H groups in total. The van der Waals surface area contributed by atoms with Gasteiger partial charge in [-0.2, -0.15) is 0 Å². The molecule has 6 nitrogen and oxygen atoms in total. The number of aromatic nitrogens is 2. The molecule has 0 fully saturated rings. The van der Waals surface area contributed by atoms with E-state index in [1.54, 1.807) is 0 Å². The summed E-state index contributed by atoms with van der Waals surface area (Å²) in [7, 11) is 0. The molecule has 0 bridgehead atoms. The summed E-state index contributed by atoms with van der Waals surface area (Å²) in [6.07, 6.45) is -1.29. The van der Waals surface area contributed by atoms with Gasteiger partial charge in [0.2, 0.25) is 0 Å². The monoisotopic (exact) mass is 234 g/mol. The molecule has 0 amide bonds. The Kier molecular flexibility index (Phi) is 4.65. The van der Waals surface area contributed by atoms with Crippen LogP contribution in [0.5, 0.6) is 0 Å². The van der Waals surface area contributed by atoms with E-state index >= 15 is 0 Å². The number of rotatable bonds is 6. The largest absolute Gasteiger partial charge is 0.391 e. The number of alkyl halides is 2. The van der Waals surface area contributed by atoms with Crippen LogP contribution >= 0.6 is 0 Å². The molecule has 0 unspecified atom stereocenters. The van der Waals surface area contributed by atoms with Gasteiger partial charge in [-0.05, 0) is 0 Å². The average Bonchev–Trinajstić information content (AvgIpc) is 2.23. The number of nitrogen functional groups attached to an aromatic ring is 1. The fourth-order valence-corrected chi connectivity index (χ4v) is 0.965. The first-order chi connectivity index (χ1) is 7.61. The lowest BCUT2D eigenvalue weighted by atomic mass is 10.4. The number of nitrogens with one attached hydrogen (secondary N) is 2. The van der Waals surface area contributed by atoms with Gasteiger partial charge in [0.15, 0.2) is 5.82 Å². The van der Waals surface area contributed by atoms with Gasteiger partial charge in [0.1, 0.15) is 12.3 Å². The van der Waals surface area contributed by atoms with Gasteiger partial charge in [0, 0.05) is 6.54 Å². The van der Waals surface area contributed by atoms with Gasteiger partial charge in [0.25, 0.3) is 12.0 Å². The van der Waals surface area contributed by atoms with Crippen LogP contribution in [0.4, 0.5) is 20.3 Å². The number of ether oxygens (including phenoxy) is 1. The maximum absolute atomic E-state index is 11.7. The standard InChI is InChI=1S/C8H12F2N4O2/c9-5(10)3-16-2-1-12-7-6(11)8(15)14-4-13-7/h4-5H,1-3,11H2,(H2,12,13,14,15). The van der Waals surface area contributed by atoms with E-state index in [2.05, 4.69) is 20.0 Å². The first-order valence-electron chi connectivity index (χ1n) is 4.54. The van der Waals surface area contributed by atoms with Crippen molar-refractivity contribution >= 4 is 11.5 Å². The lowest BCUT2D eigenvalue weighted by Gasteiger charge is -2.07. The molecule has 0 radical (unpaired) electrons. The van der Waals surface area contributed by atoms with Gasteiger partial charge in [0.05, 0.1) is 12.9 Å². The van der Waals surface area contributed by atoms with Crippen LogP contribution in [0.2, 0.25) is 0 Å². The Labute approximate surface area is 89.8 Å². The van der Waals surface area contributed by atoms with Gasteiger partial charge < -0.3 is 20.8 Å². The normalized spacial score (nSPS) is 10.7. The Bertz CT molecular complexity index is 383. The molecule has 0 aliphatic rings. The van der Waals surface area contributed by atoms with Crippen LogP contribution < -0.4 is 16.6 Å². The summed E-state index contributed by atoms with van der Waals surface area (Å²) in [6, 6.07) is 0. The zero-order valence-electron chi connectivity index (χ0n) is 8.37. The minimum atomic E-state index is -2.48. The van der Waals surface area contributed by atoms with E-state index in [0.29, 0.717) is 0 Å². The van der Waals surface area contributed by atoms with Gasteiger partial charge in [-0.15, -0.1) is 0 Å². The summed E-state index contributed by atoms with van der Waals surface area (Å²) in [6.45, 7) is -0.286. The SMILES string of the molecule is Nc1c(NCCOCC(F)F)nc[nH]c1=O. The minimum absolute atomic E-state index is 0.0450. The second kappa shape index (κ2) is 6.01. The van der Waals surface area contributed by atoms with Gasteiger partial charge >= 0.3 is 0 Å². The van der Waals surface area contributed by atoms with Gasteiger partial charge in [-0.3, -0.25) is 4.79 Å². The number of anilines is 2. The van der Waals surface area contributed by atoms with E-state index in [1.807, 2.05) is 0 Å². The number of hydrogen-bond acceptors (Lipinski definition) is 5. The summed E-state index contributed by atoms with van der Waals surface area (Å²) in [4.78, 5) is 17.1. The predicted molar refractivity (Wildman–Crippen MR) is 54.6 cm³/mol. The van der Waals surface area contributed by atoms with Crippen LogP contribution in [0.3, 0.4) is 0 Å². The molecule has 90 valence electrons. The third kappa shape index (κ3) is 3.81. The highest BCUT2D eigenvalue weighted by atomic mass is 19.3. The molecular weight excluding hydrogens is 222 g/mol. The fourth-order valence-electron chi connectivity index (χ4n) is 0.965. The Morgan fingerprint density at radius 2 is 2.38 bits per heavy atom. The second-order valence-electron chi connectivity index (χ2n) is 2.89. The maximum atomic E-state index is 11.7. The summed E-state index contributed by atoms with van der Waals surface area (Å²) in [5.74, 6) is 0.212. The molecule has 1 aromatic rings. The van der Waals surface area contributed by atoms with Crippen LogP contribution in [0.1, 0.15) is 0 Å². The molecule has 16 heavy (non-hydrogen) atoms. The first-order valence-corrected chi connectivity index (χ1v) is 4.54. The van der Waals surface area contributed by atoms with Crippen molar-refractivity contribution in [1.29, 1.82) is 0 Å². The summed E-state index contributed by atoms with van der Waals surface area (Å²) in [5.41, 5.74) is 4.92. The third-order valence-electron chi connectivity index (χ3n) is 1.67. The lowest BCUT2D eigenvalue weighted by Crippen LogP contribution is -2.19. The third-order valence-corrected chi connectivity index (χ3v) is 1.67. The van der Waals surface area contributed by atoms with Crippen LogP contribution in [0.25, 0.3) is 0 Å². The van der Waals surface area contributed by atoms with Crippen molar-refractivity contribution in [3.63, 3.8) is 0 Å². The first kappa shape index (κ1) is 12.4. The molecule has 0 saturated carbocycles. The summed E-state index contributed by atoms with van der Waals surface area (Å²) >= 11 is 0. The molecule has 8 heteroatoms. The van der Waals surface area contributed by atoms with Crippen LogP contribution in [-0.4, -0.2) is 36.2 Å². The highest BCUT2D eigenvalue weighted by molar-refractivity contribution is 5.58. The predicted octanol–water partition coefficient (Wildman–Crippen LogP) is 0.0457. The lowest BCUT2D eigenvalue weighted by molar-refractivity contribution is 0.0215. The molecule has 1 aromatic heterocycles. The Balaban J connectivity index is 2.32. The van der Waals surface area contributed by atoms with Gasteiger partial charge in [-0.1, -0.05) is 0 Å². The molecular formula is C8H12F2N4O2. The van der Waals surface area contributed by atoms with Crippen molar-refractivity contribution in [1.82, 2.24) is 9.97 Å². The van der Waals surface area contributed by atoms with Crippen LogP contribution in [-0.2, 0) is 4.74 Å². The van der Waals surface area contributed by atoms with E-state index < -0.39 is 18.6 Å². The second-order valence-corrected chi connectivity index (χ2v) is 2.89. The Morgan fingerprint density at radius 1 is 1.62 bits per heavy atom. The zero-order valence-corrected chi connectivity index (χ0v) is 8.37. The van der Waals surface area contributed by atoms with Crippen molar-refractivity contribution in [2.24, 2.45) is 0 Å². The molecule has 0 spiro atoms. The van der Waals surface area contributed by atoms with Gasteiger partial charge in [-0.25, -0.2) is 13.8 Å². The average molecular weight is 234 g/mol. The molecule has 0 aliphatic carbocycles. The minimum Gasteiger partial charge on any atom is -0.391 e. The van der Waals surface area contributed by atoms with E-state index in [-0.39, 0.29) is 24.7 Å². The number of hydrogen-bond donors (Lipinski definition) is 3. The number of nitrogens with zero attached hydrogens (tertiary/aromatic N) is 1. The van der Waals surface area contributed by atoms with Crippen molar-refractivity contribution in [3.8, 4) is 0 Å². The molecule has 0 aliphatic heterocycles. The van der Waals surface area contributed by atoms with Crippen LogP contribution in [0, 0.1) is 0 Å². The molecule has 0 atom stereocenters. The van der Waals surface area contributed by atoms with Crippen molar-refractivity contribution in [3.05, 3.63) is 16.7 Å². The van der Waals surface area contributed by atoms with Crippen molar-refractivity contribution in [2.75, 3.05) is 30.8 Å². The number of nitrogens with two attached hydrogens (primary N) is 1. The zero-order chi connectivity index (χ0) is 12.0. The molecule has 1 rings (SSSR count). The quantitative estimate of drug-likeness (QED) is 0.604. The van der Waals surface area contributed by atoms with E-state index in [4.69, 9.17) is 5.73 Å². The highest BCUT2D eigenvalue weighted by Crippen LogP contribution is 2.05. The molecule has 0 saturated heterocycles. The van der Waals surface area contributed by atoms with E-state index in [1.165, 1.54) is 6.33 Å². The summed E-state index contributed by atoms with van der Waals surface area (Å²) in [5, 5.41) is 2.70. The molecule has 0 aromatic carbocycles. The topological polar surface area (TPSA) is 93.0 Å². The highest BCUT2D eigenvalue weighted by Gasteiger charge is 2.04. The smallest absolute Gasteiger partial charge is 0.276 e. The summed E-state index contributed by atoms with van der Waals surface area (Å²) < 4.78 is 28.0. The maximum Gasteiger partial charge on any atom is 0.276 e. The number of H-pyrrole nitrogens is 1.